The molecule has 1 atom stereocenters. The first-order chi connectivity index (χ1) is 8.49. The highest BCUT2D eigenvalue weighted by Crippen LogP contribution is 2.32. The van der Waals surface area contributed by atoms with Crippen LogP contribution in [0.4, 0.5) is 13.2 Å². The minimum Gasteiger partial charge on any atom is -0.207 e. The summed E-state index contributed by atoms with van der Waals surface area (Å²) in [5.41, 5.74) is 1.89. The molecule has 1 unspecified atom stereocenters. The van der Waals surface area contributed by atoms with Gasteiger partial charge >= 0.3 is 0 Å². The van der Waals surface area contributed by atoms with Crippen LogP contribution in [0, 0.1) is 24.4 Å². The van der Waals surface area contributed by atoms with Gasteiger partial charge < -0.3 is 0 Å². The standard InChI is InChI=1S/C14H10BrF3/c1-8-6-9(2-4-11(8)16)14(15)10-3-5-12(17)13(18)7-10/h2-7,14H,1H3. The molecule has 0 bridgehead atoms. The highest BCUT2D eigenvalue weighted by Gasteiger charge is 2.13. The fraction of sp³-hybridized carbons (Fsp3) is 0.143. The molecule has 0 amide bonds. The maximum atomic E-state index is 13.2. The second-order valence-corrected chi connectivity index (χ2v) is 4.96. The molecule has 0 aliphatic carbocycles. The lowest BCUT2D eigenvalue weighted by atomic mass is 10.0. The summed E-state index contributed by atoms with van der Waals surface area (Å²) in [5, 5.41) is 0. The SMILES string of the molecule is Cc1cc(C(Br)c2ccc(F)c(F)c2)ccc1F. The van der Waals surface area contributed by atoms with E-state index in [1.54, 1.807) is 19.1 Å². The largest absolute Gasteiger partial charge is 0.207 e. The molecule has 0 nitrogen and oxygen atoms in total. The molecular formula is C14H10BrF3. The fourth-order valence-electron chi connectivity index (χ4n) is 1.69. The molecule has 0 saturated carbocycles. The van der Waals surface area contributed by atoms with Crippen LogP contribution in [0.2, 0.25) is 0 Å². The van der Waals surface area contributed by atoms with E-state index >= 15 is 0 Å². The van der Waals surface area contributed by atoms with Gasteiger partial charge in [-0.2, -0.15) is 0 Å². The maximum Gasteiger partial charge on any atom is 0.159 e. The molecule has 0 aromatic heterocycles. The molecule has 0 saturated heterocycles. The van der Waals surface area contributed by atoms with Crippen molar-refractivity contribution < 1.29 is 13.2 Å². The number of benzene rings is 2. The molecule has 0 N–H and O–H groups in total. The quantitative estimate of drug-likeness (QED) is 0.692. The third kappa shape index (κ3) is 2.58. The smallest absolute Gasteiger partial charge is 0.159 e. The summed E-state index contributed by atoms with van der Waals surface area (Å²) in [6.45, 7) is 1.66. The monoisotopic (exact) mass is 314 g/mol. The van der Waals surface area contributed by atoms with E-state index in [4.69, 9.17) is 0 Å². The first-order valence-electron chi connectivity index (χ1n) is 5.34. The Hall–Kier alpha value is -1.29. The number of alkyl halides is 1. The maximum absolute atomic E-state index is 13.2. The molecule has 0 fully saturated rings. The van der Waals surface area contributed by atoms with Gasteiger partial charge in [0.05, 0.1) is 4.83 Å². The summed E-state index contributed by atoms with van der Waals surface area (Å²) >= 11 is 3.40. The van der Waals surface area contributed by atoms with Gasteiger partial charge in [-0.15, -0.1) is 0 Å². The van der Waals surface area contributed by atoms with E-state index in [2.05, 4.69) is 15.9 Å². The van der Waals surface area contributed by atoms with Crippen LogP contribution in [0.5, 0.6) is 0 Å². The van der Waals surface area contributed by atoms with Gasteiger partial charge in [0.2, 0.25) is 0 Å². The van der Waals surface area contributed by atoms with Crippen LogP contribution in [0.25, 0.3) is 0 Å². The van der Waals surface area contributed by atoms with E-state index in [0.717, 1.165) is 17.7 Å². The lowest BCUT2D eigenvalue weighted by Gasteiger charge is -2.12. The van der Waals surface area contributed by atoms with Gasteiger partial charge in [-0.05, 0) is 41.8 Å². The molecule has 94 valence electrons. The highest BCUT2D eigenvalue weighted by atomic mass is 79.9. The fourth-order valence-corrected chi connectivity index (χ4v) is 2.26. The van der Waals surface area contributed by atoms with Crippen molar-refractivity contribution in [3.8, 4) is 0 Å². The van der Waals surface area contributed by atoms with Crippen molar-refractivity contribution >= 4 is 15.9 Å². The van der Waals surface area contributed by atoms with Crippen molar-refractivity contribution in [2.45, 2.75) is 11.8 Å². The third-order valence-corrected chi connectivity index (χ3v) is 3.77. The summed E-state index contributed by atoms with van der Waals surface area (Å²) in [6.07, 6.45) is 0. The average molecular weight is 315 g/mol. The molecule has 0 aliphatic rings. The van der Waals surface area contributed by atoms with Gasteiger partial charge in [0.25, 0.3) is 0 Å². The van der Waals surface area contributed by atoms with Crippen molar-refractivity contribution in [1.29, 1.82) is 0 Å². The molecule has 0 heterocycles. The number of hydrogen-bond donors (Lipinski definition) is 0. The van der Waals surface area contributed by atoms with Crippen LogP contribution in [0.1, 0.15) is 21.5 Å². The predicted molar refractivity (Wildman–Crippen MR) is 68.3 cm³/mol. The Morgan fingerprint density at radius 3 is 1.94 bits per heavy atom. The zero-order chi connectivity index (χ0) is 13.3. The van der Waals surface area contributed by atoms with Crippen LogP contribution in [0.15, 0.2) is 36.4 Å². The van der Waals surface area contributed by atoms with Crippen molar-refractivity contribution in [3.63, 3.8) is 0 Å². The lowest BCUT2D eigenvalue weighted by molar-refractivity contribution is 0.507. The van der Waals surface area contributed by atoms with E-state index in [1.165, 1.54) is 12.1 Å². The molecule has 0 spiro atoms. The Bertz CT molecular complexity index is 530. The van der Waals surface area contributed by atoms with E-state index < -0.39 is 11.6 Å². The molecule has 0 radical (unpaired) electrons. The molecule has 2 aromatic carbocycles. The third-order valence-electron chi connectivity index (χ3n) is 2.71. The van der Waals surface area contributed by atoms with Gasteiger partial charge in [0.15, 0.2) is 11.6 Å². The Labute approximate surface area is 112 Å². The van der Waals surface area contributed by atoms with Crippen LogP contribution < -0.4 is 0 Å². The number of aryl methyl sites for hydroxylation is 1. The molecule has 4 heteroatoms. The van der Waals surface area contributed by atoms with Crippen LogP contribution in [-0.2, 0) is 0 Å². The Morgan fingerprint density at radius 1 is 0.833 bits per heavy atom. The zero-order valence-electron chi connectivity index (χ0n) is 9.55. The minimum absolute atomic E-state index is 0.288. The van der Waals surface area contributed by atoms with Crippen LogP contribution >= 0.6 is 15.9 Å². The van der Waals surface area contributed by atoms with E-state index in [0.29, 0.717) is 11.1 Å². The Balaban J connectivity index is 2.37. The second-order valence-electron chi connectivity index (χ2n) is 4.04. The summed E-state index contributed by atoms with van der Waals surface area (Å²) in [4.78, 5) is -0.299. The summed E-state index contributed by atoms with van der Waals surface area (Å²) < 4.78 is 39.1. The molecule has 18 heavy (non-hydrogen) atoms. The van der Waals surface area contributed by atoms with Crippen molar-refractivity contribution in [1.82, 2.24) is 0 Å². The van der Waals surface area contributed by atoms with Crippen molar-refractivity contribution in [3.05, 3.63) is 70.5 Å². The average Bonchev–Trinajstić information content (AvgIpc) is 2.35. The predicted octanol–water partition coefficient (Wildman–Crippen LogP) is 4.90. The number of rotatable bonds is 2. The molecule has 2 aromatic rings. The van der Waals surface area contributed by atoms with E-state index in [9.17, 15) is 13.2 Å². The Morgan fingerprint density at radius 2 is 1.39 bits per heavy atom. The summed E-state index contributed by atoms with van der Waals surface area (Å²) in [5.74, 6) is -2.06. The molecule has 2 rings (SSSR count). The van der Waals surface area contributed by atoms with Crippen LogP contribution in [-0.4, -0.2) is 0 Å². The lowest BCUT2D eigenvalue weighted by Crippen LogP contribution is -1.96. The van der Waals surface area contributed by atoms with E-state index in [1.807, 2.05) is 0 Å². The minimum atomic E-state index is -0.893. The zero-order valence-corrected chi connectivity index (χ0v) is 11.1. The summed E-state index contributed by atoms with van der Waals surface area (Å²) in [7, 11) is 0. The molecular weight excluding hydrogens is 305 g/mol. The van der Waals surface area contributed by atoms with Crippen molar-refractivity contribution in [2.75, 3.05) is 0 Å². The number of halogens is 4. The van der Waals surface area contributed by atoms with Gasteiger partial charge in [-0.3, -0.25) is 0 Å². The van der Waals surface area contributed by atoms with Crippen LogP contribution in [0.3, 0.4) is 0 Å². The Kier molecular flexibility index (Phi) is 3.76. The molecule has 0 aliphatic heterocycles. The van der Waals surface area contributed by atoms with Gasteiger partial charge in [0, 0.05) is 0 Å². The highest BCUT2D eigenvalue weighted by molar-refractivity contribution is 9.09. The normalized spacial score (nSPS) is 12.5. The van der Waals surface area contributed by atoms with Gasteiger partial charge in [0.1, 0.15) is 5.82 Å². The van der Waals surface area contributed by atoms with E-state index in [-0.39, 0.29) is 10.6 Å². The topological polar surface area (TPSA) is 0 Å². The van der Waals surface area contributed by atoms with Gasteiger partial charge in [-0.1, -0.05) is 34.1 Å². The first kappa shape index (κ1) is 13.1. The second kappa shape index (κ2) is 5.14. The van der Waals surface area contributed by atoms with Gasteiger partial charge in [-0.25, -0.2) is 13.2 Å². The first-order valence-corrected chi connectivity index (χ1v) is 6.25. The number of hydrogen-bond acceptors (Lipinski definition) is 0. The van der Waals surface area contributed by atoms with Crippen molar-refractivity contribution in [2.24, 2.45) is 0 Å². The summed E-state index contributed by atoms with van der Waals surface area (Å²) in [6, 6.07) is 8.36.